The largest absolute Gasteiger partial charge is 0.455 e. The molecular formula is C27H47BO2. The first kappa shape index (κ1) is 22.9. The van der Waals surface area contributed by atoms with Gasteiger partial charge >= 0.3 is 7.12 Å². The average molecular weight is 414 g/mol. The van der Waals surface area contributed by atoms with Gasteiger partial charge in [0.05, 0.1) is 0 Å². The zero-order chi connectivity index (χ0) is 21.7. The van der Waals surface area contributed by atoms with E-state index in [0.717, 1.165) is 54.8 Å². The number of allylic oxidation sites excluding steroid dienone is 2. The lowest BCUT2D eigenvalue weighted by Gasteiger charge is -2.58. The summed E-state index contributed by atoms with van der Waals surface area (Å²) >= 11 is 0. The Morgan fingerprint density at radius 3 is 2.47 bits per heavy atom. The summed E-state index contributed by atoms with van der Waals surface area (Å²) in [5.41, 5.74) is 2.43. The van der Waals surface area contributed by atoms with Crippen LogP contribution in [0.3, 0.4) is 0 Å². The fourth-order valence-corrected chi connectivity index (χ4v) is 8.97. The van der Waals surface area contributed by atoms with Crippen LogP contribution in [0.15, 0.2) is 11.6 Å². The molecule has 4 rings (SSSR count). The van der Waals surface area contributed by atoms with Gasteiger partial charge < -0.3 is 10.0 Å². The summed E-state index contributed by atoms with van der Waals surface area (Å²) in [5.74, 6) is 5.28. The highest BCUT2D eigenvalue weighted by molar-refractivity contribution is 6.43. The molecule has 8 atom stereocenters. The highest BCUT2D eigenvalue weighted by Crippen LogP contribution is 2.67. The second-order valence-corrected chi connectivity index (χ2v) is 12.7. The van der Waals surface area contributed by atoms with Gasteiger partial charge in [0.15, 0.2) is 0 Å². The second kappa shape index (κ2) is 8.58. The standard InChI is InChI=1S/C27H47BO2/c1-18(2)7-6-8-19(3)23-11-12-24-22-10-9-20-17-21(28(29)30)13-15-26(20,4)25(22)14-16-27(23,24)5/h9,18-19,21-25,29-30H,6-8,10-17H2,1-5H3. The van der Waals surface area contributed by atoms with Crippen LogP contribution in [0.4, 0.5) is 0 Å². The van der Waals surface area contributed by atoms with E-state index >= 15 is 0 Å². The molecule has 0 amide bonds. The first-order valence-electron chi connectivity index (χ1n) is 13.2. The van der Waals surface area contributed by atoms with Crippen LogP contribution in [0.1, 0.15) is 105 Å². The Morgan fingerprint density at radius 2 is 1.77 bits per heavy atom. The minimum absolute atomic E-state index is 0.0530. The van der Waals surface area contributed by atoms with Crippen LogP contribution in [-0.4, -0.2) is 17.2 Å². The summed E-state index contributed by atoms with van der Waals surface area (Å²) in [7, 11) is -1.14. The molecule has 0 aromatic rings. The molecule has 2 nitrogen and oxygen atoms in total. The third-order valence-electron chi connectivity index (χ3n) is 10.8. The van der Waals surface area contributed by atoms with Gasteiger partial charge in [-0.05, 0) is 97.1 Å². The molecule has 0 spiro atoms. The molecule has 3 heteroatoms. The maximum Gasteiger partial charge on any atom is 0.455 e. The Labute approximate surface area is 186 Å². The minimum atomic E-state index is -1.14. The fraction of sp³-hybridized carbons (Fsp3) is 0.926. The zero-order valence-corrected chi connectivity index (χ0v) is 20.4. The molecule has 0 radical (unpaired) electrons. The molecule has 30 heavy (non-hydrogen) atoms. The Kier molecular flexibility index (Phi) is 6.55. The van der Waals surface area contributed by atoms with Crippen molar-refractivity contribution in [3.63, 3.8) is 0 Å². The van der Waals surface area contributed by atoms with Crippen molar-refractivity contribution in [1.82, 2.24) is 0 Å². The molecule has 8 unspecified atom stereocenters. The molecule has 3 fully saturated rings. The van der Waals surface area contributed by atoms with Crippen molar-refractivity contribution in [3.8, 4) is 0 Å². The Hall–Kier alpha value is -0.275. The smallest absolute Gasteiger partial charge is 0.427 e. The predicted molar refractivity (Wildman–Crippen MR) is 127 cm³/mol. The monoisotopic (exact) mass is 414 g/mol. The molecule has 170 valence electrons. The summed E-state index contributed by atoms with van der Waals surface area (Å²) < 4.78 is 0. The lowest BCUT2D eigenvalue weighted by molar-refractivity contribution is -0.0503. The molecule has 0 heterocycles. The van der Waals surface area contributed by atoms with E-state index in [1.54, 1.807) is 5.57 Å². The van der Waals surface area contributed by atoms with E-state index < -0.39 is 7.12 Å². The van der Waals surface area contributed by atoms with Crippen LogP contribution in [0, 0.1) is 46.3 Å². The van der Waals surface area contributed by atoms with Crippen molar-refractivity contribution in [2.24, 2.45) is 46.3 Å². The molecule has 0 aliphatic heterocycles. The summed E-state index contributed by atoms with van der Waals surface area (Å²) in [6.07, 6.45) is 16.8. The van der Waals surface area contributed by atoms with E-state index in [1.165, 1.54) is 51.4 Å². The summed E-state index contributed by atoms with van der Waals surface area (Å²) in [5, 5.41) is 19.5. The normalized spacial score (nSPS) is 44.1. The molecule has 3 saturated carbocycles. The average Bonchev–Trinajstić information content (AvgIpc) is 3.04. The Balaban J connectivity index is 1.48. The van der Waals surface area contributed by atoms with Crippen molar-refractivity contribution in [3.05, 3.63) is 11.6 Å². The highest BCUT2D eigenvalue weighted by atomic mass is 16.4. The van der Waals surface area contributed by atoms with Crippen molar-refractivity contribution >= 4 is 7.12 Å². The van der Waals surface area contributed by atoms with E-state index in [-0.39, 0.29) is 5.82 Å². The van der Waals surface area contributed by atoms with Crippen molar-refractivity contribution < 1.29 is 10.0 Å². The topological polar surface area (TPSA) is 40.5 Å². The molecule has 0 aromatic heterocycles. The van der Waals surface area contributed by atoms with Crippen LogP contribution < -0.4 is 0 Å². The molecule has 0 saturated heterocycles. The van der Waals surface area contributed by atoms with E-state index in [1.807, 2.05) is 0 Å². The van der Waals surface area contributed by atoms with Crippen LogP contribution in [0.2, 0.25) is 5.82 Å². The Morgan fingerprint density at radius 1 is 1.00 bits per heavy atom. The van der Waals surface area contributed by atoms with Gasteiger partial charge in [0.25, 0.3) is 0 Å². The van der Waals surface area contributed by atoms with Crippen molar-refractivity contribution in [2.45, 2.75) is 111 Å². The third-order valence-corrected chi connectivity index (χ3v) is 10.8. The van der Waals surface area contributed by atoms with Gasteiger partial charge in [-0.25, -0.2) is 0 Å². The molecule has 2 N–H and O–H groups in total. The van der Waals surface area contributed by atoms with Crippen LogP contribution in [0.5, 0.6) is 0 Å². The summed E-state index contributed by atoms with van der Waals surface area (Å²) in [4.78, 5) is 0. The van der Waals surface area contributed by atoms with E-state index in [0.29, 0.717) is 10.8 Å². The first-order valence-corrected chi connectivity index (χ1v) is 13.2. The van der Waals surface area contributed by atoms with Gasteiger partial charge in [-0.1, -0.05) is 72.0 Å². The van der Waals surface area contributed by atoms with Gasteiger partial charge in [-0.3, -0.25) is 0 Å². The molecule has 4 aliphatic rings. The van der Waals surface area contributed by atoms with Gasteiger partial charge in [0.1, 0.15) is 0 Å². The SMILES string of the molecule is CC(C)CCCC(C)C1CCC2C3CC=C4CC(B(O)O)CCC4(C)C3CCC12C. The number of fused-ring (bicyclic) bond motifs is 5. The maximum atomic E-state index is 9.74. The van der Waals surface area contributed by atoms with Crippen LogP contribution >= 0.6 is 0 Å². The zero-order valence-electron chi connectivity index (χ0n) is 20.4. The highest BCUT2D eigenvalue weighted by Gasteiger charge is 2.59. The number of hydrogen-bond acceptors (Lipinski definition) is 2. The van der Waals surface area contributed by atoms with Gasteiger partial charge in [-0.2, -0.15) is 0 Å². The molecule has 0 bridgehead atoms. The van der Waals surface area contributed by atoms with E-state index in [4.69, 9.17) is 0 Å². The van der Waals surface area contributed by atoms with Crippen molar-refractivity contribution in [2.75, 3.05) is 0 Å². The Bertz CT molecular complexity index is 643. The predicted octanol–water partition coefficient (Wildman–Crippen LogP) is 6.87. The number of hydrogen-bond donors (Lipinski definition) is 2. The van der Waals surface area contributed by atoms with E-state index in [9.17, 15) is 10.0 Å². The van der Waals surface area contributed by atoms with Crippen LogP contribution in [0.25, 0.3) is 0 Å². The lowest BCUT2D eigenvalue weighted by Crippen LogP contribution is -2.50. The van der Waals surface area contributed by atoms with Crippen molar-refractivity contribution in [1.29, 1.82) is 0 Å². The van der Waals surface area contributed by atoms with Crippen LogP contribution in [-0.2, 0) is 0 Å². The summed E-state index contributed by atoms with van der Waals surface area (Å²) in [6, 6.07) is 0. The quantitative estimate of drug-likeness (QED) is 0.368. The lowest BCUT2D eigenvalue weighted by atomic mass is 9.45. The number of rotatable bonds is 6. The minimum Gasteiger partial charge on any atom is -0.427 e. The van der Waals surface area contributed by atoms with Gasteiger partial charge in [0, 0.05) is 0 Å². The first-order chi connectivity index (χ1) is 14.2. The molecule has 4 aliphatic carbocycles. The third kappa shape index (κ3) is 3.85. The molecular weight excluding hydrogens is 367 g/mol. The van der Waals surface area contributed by atoms with E-state index in [2.05, 4.69) is 40.7 Å². The molecule has 0 aromatic carbocycles. The fourth-order valence-electron chi connectivity index (χ4n) is 8.97. The second-order valence-electron chi connectivity index (χ2n) is 12.7. The van der Waals surface area contributed by atoms with Gasteiger partial charge in [-0.15, -0.1) is 0 Å². The summed E-state index contributed by atoms with van der Waals surface area (Å²) in [6.45, 7) is 12.5. The maximum absolute atomic E-state index is 9.74. The van der Waals surface area contributed by atoms with Gasteiger partial charge in [0.2, 0.25) is 0 Å².